The van der Waals surface area contributed by atoms with Gasteiger partial charge in [-0.05, 0) is 31.0 Å². The summed E-state index contributed by atoms with van der Waals surface area (Å²) in [5.74, 6) is 1.11. The second-order valence-corrected chi connectivity index (χ2v) is 9.77. The van der Waals surface area contributed by atoms with Gasteiger partial charge in [0.1, 0.15) is 0 Å². The van der Waals surface area contributed by atoms with Gasteiger partial charge in [-0.15, -0.1) is 21.5 Å². The monoisotopic (exact) mass is 458 g/mol. The smallest absolute Gasteiger partial charge is 0.192 e. The zero-order valence-electron chi connectivity index (χ0n) is 16.0. The second-order valence-electron chi connectivity index (χ2n) is 7.12. The Bertz CT molecular complexity index is 1190. The molecule has 4 aromatic rings. The third-order valence-corrected chi connectivity index (χ3v) is 7.38. The van der Waals surface area contributed by atoms with E-state index in [0.29, 0.717) is 15.8 Å². The zero-order chi connectivity index (χ0) is 20.5. The van der Waals surface area contributed by atoms with Crippen molar-refractivity contribution < 1.29 is 9.53 Å². The number of carbonyl (C=O) groups is 1. The lowest BCUT2D eigenvalue weighted by Gasteiger charge is -2.14. The number of nitrogens with zero attached hydrogens (tertiary/aromatic N) is 3. The van der Waals surface area contributed by atoms with Crippen LogP contribution < -0.4 is 0 Å². The van der Waals surface area contributed by atoms with Gasteiger partial charge in [0, 0.05) is 29.3 Å². The van der Waals surface area contributed by atoms with Crippen molar-refractivity contribution in [3.8, 4) is 11.4 Å². The van der Waals surface area contributed by atoms with E-state index in [4.69, 9.17) is 16.3 Å². The molecule has 9 heteroatoms. The highest BCUT2D eigenvalue weighted by Crippen LogP contribution is 2.32. The molecule has 5 rings (SSSR count). The Balaban J connectivity index is 1.45. The van der Waals surface area contributed by atoms with Gasteiger partial charge in [0.2, 0.25) is 0 Å². The van der Waals surface area contributed by atoms with E-state index in [1.165, 1.54) is 23.1 Å². The second kappa shape index (κ2) is 8.55. The third-order valence-electron chi connectivity index (χ3n) is 5.14. The number of carbonyl (C=O) groups excluding carboxylic acids is 1. The predicted octanol–water partition coefficient (Wildman–Crippen LogP) is 5.30. The molecular weight excluding hydrogens is 440 g/mol. The Kier molecular flexibility index (Phi) is 5.64. The summed E-state index contributed by atoms with van der Waals surface area (Å²) in [5, 5.41) is 10.7. The van der Waals surface area contributed by atoms with Crippen molar-refractivity contribution in [1.29, 1.82) is 0 Å². The van der Waals surface area contributed by atoms with Crippen LogP contribution in [0.4, 0.5) is 0 Å². The molecular formula is C21H19ClN4O2S2. The first-order valence-electron chi connectivity index (χ1n) is 9.71. The fourth-order valence-corrected chi connectivity index (χ4v) is 5.58. The number of fused-ring (bicyclic) bond motifs is 1. The maximum atomic E-state index is 12.5. The van der Waals surface area contributed by atoms with Crippen LogP contribution in [0.2, 0.25) is 4.34 Å². The highest BCUT2D eigenvalue weighted by atomic mass is 35.5. The number of H-pyrrole nitrogens is 1. The average molecular weight is 459 g/mol. The van der Waals surface area contributed by atoms with Crippen molar-refractivity contribution >= 4 is 51.4 Å². The number of benzene rings is 1. The predicted molar refractivity (Wildman–Crippen MR) is 121 cm³/mol. The van der Waals surface area contributed by atoms with Crippen LogP contribution in [0.1, 0.15) is 22.5 Å². The minimum Gasteiger partial charge on any atom is -0.376 e. The maximum Gasteiger partial charge on any atom is 0.192 e. The summed E-state index contributed by atoms with van der Waals surface area (Å²) in [4.78, 5) is 16.5. The van der Waals surface area contributed by atoms with E-state index < -0.39 is 0 Å². The van der Waals surface area contributed by atoms with Crippen LogP contribution >= 0.6 is 34.7 Å². The van der Waals surface area contributed by atoms with Crippen LogP contribution in [-0.4, -0.2) is 44.0 Å². The van der Waals surface area contributed by atoms with Crippen LogP contribution in [0.3, 0.4) is 0 Å². The molecule has 1 aromatic carbocycles. The first-order valence-corrected chi connectivity index (χ1v) is 11.9. The van der Waals surface area contributed by atoms with Crippen LogP contribution in [0.15, 0.2) is 47.8 Å². The fourth-order valence-electron chi connectivity index (χ4n) is 3.67. The van der Waals surface area contributed by atoms with Gasteiger partial charge in [-0.3, -0.25) is 9.36 Å². The van der Waals surface area contributed by atoms with Crippen LogP contribution in [0.25, 0.3) is 22.3 Å². The standard InChI is InChI=1S/C21H19ClN4O2S2/c22-19-8-7-18(30-19)17(27)12-29-21-25-24-20(26(21)11-13-4-3-9-28-13)15-10-23-16-6-2-1-5-14(15)16/h1-2,5-8,10,13,23H,3-4,9,11-12H2. The van der Waals surface area contributed by atoms with Gasteiger partial charge in [0.25, 0.3) is 0 Å². The number of nitrogens with one attached hydrogen (secondary N) is 1. The van der Waals surface area contributed by atoms with Crippen molar-refractivity contribution in [2.45, 2.75) is 30.6 Å². The summed E-state index contributed by atoms with van der Waals surface area (Å²) in [5.41, 5.74) is 2.05. The Labute approximate surface area is 186 Å². The molecule has 6 nitrogen and oxygen atoms in total. The number of Topliss-reactive ketones (excluding diaryl/α,β-unsaturated/α-hetero) is 1. The van der Waals surface area contributed by atoms with E-state index in [1.807, 2.05) is 24.4 Å². The lowest BCUT2D eigenvalue weighted by atomic mass is 10.1. The molecule has 4 heterocycles. The van der Waals surface area contributed by atoms with Crippen molar-refractivity contribution in [2.24, 2.45) is 0 Å². The molecule has 0 spiro atoms. The molecule has 0 saturated carbocycles. The number of thioether (sulfide) groups is 1. The summed E-state index contributed by atoms with van der Waals surface area (Å²) >= 11 is 8.67. The Morgan fingerprint density at radius 2 is 2.20 bits per heavy atom. The number of aromatic amines is 1. The van der Waals surface area contributed by atoms with Gasteiger partial charge in [0.05, 0.1) is 27.6 Å². The number of rotatable bonds is 7. The molecule has 0 bridgehead atoms. The lowest BCUT2D eigenvalue weighted by Crippen LogP contribution is -2.17. The molecule has 1 atom stereocenters. The molecule has 154 valence electrons. The van der Waals surface area contributed by atoms with Gasteiger partial charge in [-0.25, -0.2) is 0 Å². The van der Waals surface area contributed by atoms with Crippen molar-refractivity contribution in [1.82, 2.24) is 19.7 Å². The average Bonchev–Trinajstić information content (AvgIpc) is 3.54. The topological polar surface area (TPSA) is 72.8 Å². The summed E-state index contributed by atoms with van der Waals surface area (Å²) in [6, 6.07) is 11.6. The number of ketones is 1. The van der Waals surface area contributed by atoms with E-state index in [-0.39, 0.29) is 17.6 Å². The fraction of sp³-hybridized carbons (Fsp3) is 0.286. The number of ether oxygens (including phenoxy) is 1. The number of para-hydroxylation sites is 1. The molecule has 0 aliphatic carbocycles. The Morgan fingerprint density at radius 3 is 3.00 bits per heavy atom. The lowest BCUT2D eigenvalue weighted by molar-refractivity contribution is 0.0953. The van der Waals surface area contributed by atoms with Crippen molar-refractivity contribution in [3.63, 3.8) is 0 Å². The van der Waals surface area contributed by atoms with E-state index in [1.54, 1.807) is 12.1 Å². The largest absolute Gasteiger partial charge is 0.376 e. The first-order chi connectivity index (χ1) is 14.7. The van der Waals surface area contributed by atoms with Gasteiger partial charge < -0.3 is 9.72 Å². The summed E-state index contributed by atoms with van der Waals surface area (Å²) in [6.07, 6.45) is 4.18. The first kappa shape index (κ1) is 19.8. The summed E-state index contributed by atoms with van der Waals surface area (Å²) in [7, 11) is 0. The Morgan fingerprint density at radius 1 is 1.30 bits per heavy atom. The minimum absolute atomic E-state index is 0.0391. The maximum absolute atomic E-state index is 12.5. The van der Waals surface area contributed by atoms with E-state index in [9.17, 15) is 4.79 Å². The molecule has 1 N–H and O–H groups in total. The normalized spacial score (nSPS) is 16.5. The number of hydrogen-bond acceptors (Lipinski definition) is 6. The summed E-state index contributed by atoms with van der Waals surface area (Å²) < 4.78 is 8.57. The Hall–Kier alpha value is -2.13. The molecule has 1 aliphatic rings. The zero-order valence-corrected chi connectivity index (χ0v) is 18.4. The van der Waals surface area contributed by atoms with Crippen molar-refractivity contribution in [3.05, 3.63) is 51.8 Å². The van der Waals surface area contributed by atoms with E-state index in [2.05, 4.69) is 25.8 Å². The number of hydrogen-bond donors (Lipinski definition) is 1. The van der Waals surface area contributed by atoms with Crippen LogP contribution in [0.5, 0.6) is 0 Å². The molecule has 0 radical (unpaired) electrons. The quantitative estimate of drug-likeness (QED) is 0.300. The molecule has 1 aliphatic heterocycles. The van der Waals surface area contributed by atoms with Gasteiger partial charge in [-0.2, -0.15) is 0 Å². The van der Waals surface area contributed by atoms with E-state index >= 15 is 0 Å². The van der Waals surface area contributed by atoms with Gasteiger partial charge >= 0.3 is 0 Å². The minimum atomic E-state index is 0.0391. The number of halogens is 1. The van der Waals surface area contributed by atoms with Gasteiger partial charge in [0.15, 0.2) is 16.8 Å². The number of thiophene rings is 1. The molecule has 0 amide bonds. The highest BCUT2D eigenvalue weighted by molar-refractivity contribution is 7.99. The van der Waals surface area contributed by atoms with Crippen molar-refractivity contribution in [2.75, 3.05) is 12.4 Å². The third kappa shape index (κ3) is 3.92. The SMILES string of the molecule is O=C(CSc1nnc(-c2c[nH]c3ccccc23)n1CC1CCCO1)c1ccc(Cl)s1. The van der Waals surface area contributed by atoms with E-state index in [0.717, 1.165) is 46.9 Å². The number of aromatic nitrogens is 4. The molecule has 1 fully saturated rings. The van der Waals surface area contributed by atoms with Gasteiger partial charge in [-0.1, -0.05) is 41.6 Å². The highest BCUT2D eigenvalue weighted by Gasteiger charge is 2.23. The molecule has 3 aromatic heterocycles. The molecule has 1 saturated heterocycles. The summed E-state index contributed by atoms with van der Waals surface area (Å²) in [6.45, 7) is 1.46. The molecule has 1 unspecified atom stereocenters. The van der Waals surface area contributed by atoms with Crippen LogP contribution in [-0.2, 0) is 11.3 Å². The molecule has 30 heavy (non-hydrogen) atoms. The van der Waals surface area contributed by atoms with Crippen LogP contribution in [0, 0.1) is 0 Å².